The number of aryl methyl sites for hydroxylation is 1. The Bertz CT molecular complexity index is 241. The van der Waals surface area contributed by atoms with Crippen molar-refractivity contribution >= 4 is 22.6 Å². The van der Waals surface area contributed by atoms with Crippen LogP contribution in [0, 0.1) is 10.6 Å². The van der Waals surface area contributed by atoms with E-state index in [4.69, 9.17) is 4.74 Å². The molecule has 0 aliphatic heterocycles. The van der Waals surface area contributed by atoms with Gasteiger partial charge in [0.05, 0.1) is 13.2 Å². The maximum absolute atomic E-state index is 5.37. The second kappa shape index (κ2) is 5.59. The van der Waals surface area contributed by atoms with Crippen molar-refractivity contribution in [2.24, 2.45) is 0 Å². The number of rotatable bonds is 5. The van der Waals surface area contributed by atoms with E-state index in [1.807, 2.05) is 4.68 Å². The van der Waals surface area contributed by atoms with Crippen LogP contribution in [-0.2, 0) is 11.3 Å². The minimum atomic E-state index is 0.755. The fourth-order valence-corrected chi connectivity index (χ4v) is 1.43. The zero-order valence-electron chi connectivity index (χ0n) is 8.09. The monoisotopic (exact) mass is 294 g/mol. The SMILES string of the molecule is CCCOCCn1cc(C)c(I)n1. The first-order valence-corrected chi connectivity index (χ1v) is 5.59. The largest absolute Gasteiger partial charge is 0.380 e. The lowest BCUT2D eigenvalue weighted by molar-refractivity contribution is 0.124. The molecule has 0 atom stereocenters. The average Bonchev–Trinajstić information content (AvgIpc) is 2.41. The Balaban J connectivity index is 2.29. The minimum Gasteiger partial charge on any atom is -0.380 e. The molecule has 0 N–H and O–H groups in total. The van der Waals surface area contributed by atoms with Crippen LogP contribution in [0.25, 0.3) is 0 Å². The molecule has 0 bridgehead atoms. The van der Waals surface area contributed by atoms with Gasteiger partial charge in [0.2, 0.25) is 0 Å². The third kappa shape index (κ3) is 3.64. The first kappa shape index (κ1) is 11.0. The fraction of sp³-hybridized carbons (Fsp3) is 0.667. The van der Waals surface area contributed by atoms with E-state index >= 15 is 0 Å². The zero-order valence-corrected chi connectivity index (χ0v) is 10.2. The molecule has 1 rings (SSSR count). The fourth-order valence-electron chi connectivity index (χ4n) is 1.02. The normalized spacial score (nSPS) is 10.7. The standard InChI is InChI=1S/C9H15IN2O/c1-3-5-13-6-4-12-7-8(2)9(10)11-12/h7H,3-6H2,1-2H3. The molecular formula is C9H15IN2O. The van der Waals surface area contributed by atoms with Crippen LogP contribution >= 0.6 is 22.6 Å². The summed E-state index contributed by atoms with van der Waals surface area (Å²) in [6.07, 6.45) is 3.13. The van der Waals surface area contributed by atoms with E-state index in [1.54, 1.807) is 0 Å². The van der Waals surface area contributed by atoms with Crippen LogP contribution in [0.4, 0.5) is 0 Å². The summed E-state index contributed by atoms with van der Waals surface area (Å²) in [7, 11) is 0. The van der Waals surface area contributed by atoms with Crippen molar-refractivity contribution in [3.05, 3.63) is 15.5 Å². The Morgan fingerprint density at radius 1 is 1.54 bits per heavy atom. The lowest BCUT2D eigenvalue weighted by Gasteiger charge is -2.01. The summed E-state index contributed by atoms with van der Waals surface area (Å²) in [5, 5.41) is 4.33. The van der Waals surface area contributed by atoms with Crippen LogP contribution < -0.4 is 0 Å². The summed E-state index contributed by atoms with van der Waals surface area (Å²) in [6, 6.07) is 0. The molecule has 13 heavy (non-hydrogen) atoms. The van der Waals surface area contributed by atoms with E-state index in [0.29, 0.717) is 0 Å². The third-order valence-electron chi connectivity index (χ3n) is 1.70. The van der Waals surface area contributed by atoms with E-state index in [-0.39, 0.29) is 0 Å². The summed E-state index contributed by atoms with van der Waals surface area (Å²) in [5.74, 6) is 0. The lowest BCUT2D eigenvalue weighted by atomic mass is 10.4. The van der Waals surface area contributed by atoms with Crippen molar-refractivity contribution in [1.82, 2.24) is 9.78 Å². The number of halogens is 1. The molecule has 1 aromatic heterocycles. The zero-order chi connectivity index (χ0) is 9.68. The van der Waals surface area contributed by atoms with Gasteiger partial charge in [-0.2, -0.15) is 5.10 Å². The number of hydrogen-bond acceptors (Lipinski definition) is 2. The van der Waals surface area contributed by atoms with E-state index in [0.717, 1.165) is 29.9 Å². The van der Waals surface area contributed by atoms with Gasteiger partial charge in [0.25, 0.3) is 0 Å². The van der Waals surface area contributed by atoms with E-state index in [2.05, 4.69) is 47.7 Å². The van der Waals surface area contributed by atoms with Crippen LogP contribution in [0.1, 0.15) is 18.9 Å². The van der Waals surface area contributed by atoms with Gasteiger partial charge < -0.3 is 4.74 Å². The molecule has 4 heteroatoms. The molecule has 1 heterocycles. The predicted octanol–water partition coefficient (Wildman–Crippen LogP) is 2.22. The molecule has 0 radical (unpaired) electrons. The molecule has 0 spiro atoms. The molecule has 1 aromatic rings. The summed E-state index contributed by atoms with van der Waals surface area (Å²) in [4.78, 5) is 0. The molecule has 0 aliphatic rings. The summed E-state index contributed by atoms with van der Waals surface area (Å²) in [6.45, 7) is 6.63. The van der Waals surface area contributed by atoms with Gasteiger partial charge >= 0.3 is 0 Å². The second-order valence-electron chi connectivity index (χ2n) is 2.98. The van der Waals surface area contributed by atoms with E-state index in [1.165, 1.54) is 5.56 Å². The minimum absolute atomic E-state index is 0.755. The summed E-state index contributed by atoms with van der Waals surface area (Å²) < 4.78 is 8.39. The second-order valence-corrected chi connectivity index (χ2v) is 4.00. The van der Waals surface area contributed by atoms with E-state index < -0.39 is 0 Å². The van der Waals surface area contributed by atoms with Crippen molar-refractivity contribution in [3.63, 3.8) is 0 Å². The van der Waals surface area contributed by atoms with Gasteiger partial charge in [-0.25, -0.2) is 0 Å². The Morgan fingerprint density at radius 3 is 2.85 bits per heavy atom. The quantitative estimate of drug-likeness (QED) is 0.615. The molecular weight excluding hydrogens is 279 g/mol. The van der Waals surface area contributed by atoms with Crippen LogP contribution in [-0.4, -0.2) is 23.0 Å². The highest BCUT2D eigenvalue weighted by Gasteiger charge is 2.00. The van der Waals surface area contributed by atoms with Crippen molar-refractivity contribution in [2.45, 2.75) is 26.8 Å². The molecule has 0 aliphatic carbocycles. The topological polar surface area (TPSA) is 27.1 Å². The van der Waals surface area contributed by atoms with Gasteiger partial charge in [-0.1, -0.05) is 6.92 Å². The Labute approximate surface area is 92.6 Å². The number of aromatic nitrogens is 2. The van der Waals surface area contributed by atoms with Crippen molar-refractivity contribution < 1.29 is 4.74 Å². The van der Waals surface area contributed by atoms with E-state index in [9.17, 15) is 0 Å². The van der Waals surface area contributed by atoms with Crippen molar-refractivity contribution in [2.75, 3.05) is 13.2 Å². The first-order valence-electron chi connectivity index (χ1n) is 4.51. The van der Waals surface area contributed by atoms with Crippen LogP contribution in [0.2, 0.25) is 0 Å². The van der Waals surface area contributed by atoms with Gasteiger partial charge in [0, 0.05) is 18.4 Å². The highest BCUT2D eigenvalue weighted by molar-refractivity contribution is 14.1. The molecule has 0 unspecified atom stereocenters. The van der Waals surface area contributed by atoms with Crippen molar-refractivity contribution in [3.8, 4) is 0 Å². The summed E-state index contributed by atoms with van der Waals surface area (Å²) >= 11 is 2.24. The number of ether oxygens (including phenoxy) is 1. The Hall–Kier alpha value is -0.100. The molecule has 0 fully saturated rings. The molecule has 0 aromatic carbocycles. The van der Waals surface area contributed by atoms with Crippen LogP contribution in [0.15, 0.2) is 6.20 Å². The van der Waals surface area contributed by atoms with Gasteiger partial charge in [0.15, 0.2) is 0 Å². The van der Waals surface area contributed by atoms with Gasteiger partial charge in [-0.05, 0) is 35.9 Å². The highest BCUT2D eigenvalue weighted by Crippen LogP contribution is 2.07. The number of hydrogen-bond donors (Lipinski definition) is 0. The first-order chi connectivity index (χ1) is 6.24. The number of nitrogens with zero attached hydrogens (tertiary/aromatic N) is 2. The maximum Gasteiger partial charge on any atom is 0.126 e. The molecule has 0 saturated heterocycles. The van der Waals surface area contributed by atoms with Gasteiger partial charge in [-0.3, -0.25) is 4.68 Å². The molecule has 74 valence electrons. The maximum atomic E-state index is 5.37. The Kier molecular flexibility index (Phi) is 4.72. The lowest BCUT2D eigenvalue weighted by Crippen LogP contribution is -2.06. The van der Waals surface area contributed by atoms with Crippen LogP contribution in [0.5, 0.6) is 0 Å². The third-order valence-corrected chi connectivity index (χ3v) is 2.76. The van der Waals surface area contributed by atoms with Gasteiger partial charge in [0.1, 0.15) is 3.70 Å². The molecule has 0 amide bonds. The van der Waals surface area contributed by atoms with Crippen LogP contribution in [0.3, 0.4) is 0 Å². The average molecular weight is 294 g/mol. The predicted molar refractivity (Wildman–Crippen MR) is 60.8 cm³/mol. The summed E-state index contributed by atoms with van der Waals surface area (Å²) in [5.41, 5.74) is 1.23. The van der Waals surface area contributed by atoms with Crippen molar-refractivity contribution in [1.29, 1.82) is 0 Å². The molecule has 3 nitrogen and oxygen atoms in total. The smallest absolute Gasteiger partial charge is 0.126 e. The molecule has 0 saturated carbocycles. The Morgan fingerprint density at radius 2 is 2.31 bits per heavy atom. The van der Waals surface area contributed by atoms with Gasteiger partial charge in [-0.15, -0.1) is 0 Å². The highest BCUT2D eigenvalue weighted by atomic mass is 127.